The third kappa shape index (κ3) is 5.63. The maximum atomic E-state index is 12.7. The van der Waals surface area contributed by atoms with Gasteiger partial charge in [0.1, 0.15) is 0 Å². The predicted molar refractivity (Wildman–Crippen MR) is 161 cm³/mol. The van der Waals surface area contributed by atoms with Crippen molar-refractivity contribution in [1.29, 1.82) is 0 Å². The molecular weight excluding hydrogens is 516 g/mol. The fourth-order valence-electron chi connectivity index (χ4n) is 10.4. The van der Waals surface area contributed by atoms with E-state index in [2.05, 4.69) is 75.5 Å². The molecule has 8 bridgehead atoms. The van der Waals surface area contributed by atoms with Crippen LogP contribution in [0.5, 0.6) is 0 Å². The maximum absolute atomic E-state index is 12.7. The van der Waals surface area contributed by atoms with Crippen molar-refractivity contribution in [2.45, 2.75) is 128 Å². The highest BCUT2D eigenvalue weighted by Crippen LogP contribution is 2.45. The van der Waals surface area contributed by atoms with Gasteiger partial charge in [-0.1, -0.05) is 54.0 Å². The van der Waals surface area contributed by atoms with Crippen molar-refractivity contribution in [2.24, 2.45) is 53.3 Å². The molecule has 0 radical (unpaired) electrons. The second kappa shape index (κ2) is 12.3. The summed E-state index contributed by atoms with van der Waals surface area (Å²) in [6.45, 7) is 18.0. The van der Waals surface area contributed by atoms with Crippen LogP contribution < -0.4 is 21.3 Å². The van der Waals surface area contributed by atoms with E-state index in [1.165, 1.54) is 0 Å². The summed E-state index contributed by atoms with van der Waals surface area (Å²) in [4.78, 5) is 24.4. The van der Waals surface area contributed by atoms with Crippen LogP contribution in [0.2, 0.25) is 0 Å². The zero-order chi connectivity index (χ0) is 29.7. The van der Waals surface area contributed by atoms with Gasteiger partial charge in [0, 0.05) is 54.8 Å². The minimum absolute atomic E-state index is 0.0278. The summed E-state index contributed by atoms with van der Waals surface area (Å²) in [6.07, 6.45) is 7.07. The lowest BCUT2D eigenvalue weighted by atomic mass is 9.74. The van der Waals surface area contributed by atoms with Crippen LogP contribution in [-0.4, -0.2) is 70.5 Å². The molecule has 5 aliphatic rings. The van der Waals surface area contributed by atoms with E-state index in [0.717, 1.165) is 25.7 Å². The number of carbonyl (C=O) groups is 2. The normalized spacial score (nSPS) is 51.5. The van der Waals surface area contributed by atoms with Gasteiger partial charge in [-0.2, -0.15) is 0 Å². The largest absolute Gasteiger partial charge is 0.481 e. The van der Waals surface area contributed by atoms with Crippen molar-refractivity contribution >= 4 is 11.9 Å². The van der Waals surface area contributed by atoms with Gasteiger partial charge < -0.3 is 31.5 Å². The van der Waals surface area contributed by atoms with Crippen LogP contribution in [0, 0.1) is 53.3 Å². The van der Waals surface area contributed by atoms with Crippen LogP contribution in [0.15, 0.2) is 12.7 Å². The van der Waals surface area contributed by atoms with Gasteiger partial charge >= 0.3 is 11.9 Å². The molecule has 0 saturated carbocycles. The Morgan fingerprint density at radius 1 is 0.707 bits per heavy atom. The number of aliphatic carboxylic acids is 2. The van der Waals surface area contributed by atoms with E-state index >= 15 is 0 Å². The van der Waals surface area contributed by atoms with Gasteiger partial charge in [0.15, 0.2) is 0 Å². The quantitative estimate of drug-likeness (QED) is 0.266. The van der Waals surface area contributed by atoms with E-state index in [9.17, 15) is 19.8 Å². The zero-order valence-corrected chi connectivity index (χ0v) is 26.1. The monoisotopic (exact) mass is 572 g/mol. The summed E-state index contributed by atoms with van der Waals surface area (Å²) in [5.74, 6) is 0.705. The van der Waals surface area contributed by atoms with E-state index < -0.39 is 17.9 Å². The molecule has 5 rings (SSSR count). The standard InChI is InChI=1S/C33H56N4O4/c1-8-20-15(3)23-12-25-17(5)22(10-11-29(38)39)31(36-25)19(7)32-30(33(40)41)18(6)26(37-32)14-28-21(9-2)16(4)24(35-28)13-27(20)34-23/h8,15-28,30-32,34-37H,1,9-14H2,2-7H3,(H,38,39)(H,40,41)/t15?,16?,17-,18?,19?,20?,21?,22-,23?,24?,25?,26?,27?,28?,30?,31?,32?/m0/s1. The van der Waals surface area contributed by atoms with Crippen LogP contribution >= 0.6 is 0 Å². The fraction of sp³-hybridized carbons (Fsp3) is 0.879. The number of carboxylic acid groups (broad SMARTS) is 2. The molecule has 6 N–H and O–H groups in total. The van der Waals surface area contributed by atoms with Crippen LogP contribution in [0.3, 0.4) is 0 Å². The first kappa shape index (κ1) is 31.0. The topological polar surface area (TPSA) is 123 Å². The van der Waals surface area contributed by atoms with Crippen molar-refractivity contribution in [2.75, 3.05) is 0 Å². The average Bonchev–Trinajstić information content (AvgIpc) is 3.60. The molecule has 0 spiro atoms. The molecule has 5 aliphatic heterocycles. The van der Waals surface area contributed by atoms with Gasteiger partial charge in [-0.15, -0.1) is 6.58 Å². The summed E-state index contributed by atoms with van der Waals surface area (Å²) in [6, 6.07) is 1.86. The van der Waals surface area contributed by atoms with E-state index in [1.807, 2.05) is 0 Å². The van der Waals surface area contributed by atoms with Gasteiger partial charge in [-0.25, -0.2) is 0 Å². The Morgan fingerprint density at radius 2 is 1.24 bits per heavy atom. The molecule has 0 aliphatic carbocycles. The summed E-state index contributed by atoms with van der Waals surface area (Å²) in [7, 11) is 0. The minimum Gasteiger partial charge on any atom is -0.481 e. The number of rotatable bonds is 6. The first-order chi connectivity index (χ1) is 19.5. The average molecular weight is 573 g/mol. The Balaban J connectivity index is 1.51. The maximum Gasteiger partial charge on any atom is 0.308 e. The molecule has 17 atom stereocenters. The first-order valence-electron chi connectivity index (χ1n) is 16.6. The number of hydrogen-bond acceptors (Lipinski definition) is 6. The van der Waals surface area contributed by atoms with Crippen LogP contribution in [0.1, 0.15) is 80.1 Å². The number of nitrogens with one attached hydrogen (secondary N) is 4. The van der Waals surface area contributed by atoms with Crippen LogP contribution in [-0.2, 0) is 9.59 Å². The molecule has 232 valence electrons. The molecule has 5 fully saturated rings. The van der Waals surface area contributed by atoms with E-state index in [4.69, 9.17) is 0 Å². The molecule has 0 aromatic rings. The van der Waals surface area contributed by atoms with Crippen molar-refractivity contribution < 1.29 is 19.8 Å². The number of fused-ring (bicyclic) bond motifs is 8. The van der Waals surface area contributed by atoms with Crippen LogP contribution in [0.4, 0.5) is 0 Å². The molecule has 0 amide bonds. The number of hydrogen-bond donors (Lipinski definition) is 6. The van der Waals surface area contributed by atoms with Gasteiger partial charge in [0.05, 0.1) is 5.92 Å². The third-order valence-electron chi connectivity index (χ3n) is 12.9. The SMILES string of the molecule is C=CC1C2CC3NC(CC4NC(C(C)C5NC(CC(N2)C1C)[C@@H](C)[C@@H]5CCC(=O)O)C(C(=O)O)C4C)C(CC)C3C. The smallest absolute Gasteiger partial charge is 0.308 e. The van der Waals surface area contributed by atoms with Crippen LogP contribution in [0.25, 0.3) is 0 Å². The van der Waals surface area contributed by atoms with Gasteiger partial charge in [-0.3, -0.25) is 9.59 Å². The van der Waals surface area contributed by atoms with E-state index in [1.54, 1.807) is 0 Å². The summed E-state index contributed by atoms with van der Waals surface area (Å²) < 4.78 is 0. The number of carboxylic acids is 2. The molecule has 41 heavy (non-hydrogen) atoms. The summed E-state index contributed by atoms with van der Waals surface area (Å²) in [5.41, 5.74) is 0. The Bertz CT molecular complexity index is 977. The molecule has 15 unspecified atom stereocenters. The van der Waals surface area contributed by atoms with E-state index in [0.29, 0.717) is 60.2 Å². The second-order valence-electron chi connectivity index (χ2n) is 14.7. The fourth-order valence-corrected chi connectivity index (χ4v) is 10.4. The van der Waals surface area contributed by atoms with Crippen molar-refractivity contribution in [3.63, 3.8) is 0 Å². The highest BCUT2D eigenvalue weighted by molar-refractivity contribution is 5.72. The predicted octanol–water partition coefficient (Wildman–Crippen LogP) is 3.72. The molecule has 0 aromatic carbocycles. The summed E-state index contributed by atoms with van der Waals surface area (Å²) in [5, 5.41) is 36.0. The second-order valence-corrected chi connectivity index (χ2v) is 14.7. The van der Waals surface area contributed by atoms with Crippen molar-refractivity contribution in [3.8, 4) is 0 Å². The first-order valence-corrected chi connectivity index (χ1v) is 16.6. The molecule has 5 saturated heterocycles. The highest BCUT2D eigenvalue weighted by Gasteiger charge is 2.54. The molecule has 8 nitrogen and oxygen atoms in total. The molecule has 0 aromatic heterocycles. The lowest BCUT2D eigenvalue weighted by molar-refractivity contribution is -0.144. The van der Waals surface area contributed by atoms with Gasteiger partial charge in [0.2, 0.25) is 0 Å². The van der Waals surface area contributed by atoms with Crippen molar-refractivity contribution in [3.05, 3.63) is 12.7 Å². The summed E-state index contributed by atoms with van der Waals surface area (Å²) >= 11 is 0. The molecule has 8 heteroatoms. The lowest BCUT2D eigenvalue weighted by Gasteiger charge is -2.34. The Kier molecular flexibility index (Phi) is 9.25. The minimum atomic E-state index is -0.758. The van der Waals surface area contributed by atoms with Crippen molar-refractivity contribution in [1.82, 2.24) is 21.3 Å². The Morgan fingerprint density at radius 3 is 1.88 bits per heavy atom. The Hall–Kier alpha value is -1.48. The highest BCUT2D eigenvalue weighted by atomic mass is 16.4. The van der Waals surface area contributed by atoms with E-state index in [-0.39, 0.29) is 48.3 Å². The Labute approximate surface area is 247 Å². The molecular formula is C33H56N4O4. The van der Waals surface area contributed by atoms with Gasteiger partial charge in [-0.05, 0) is 73.0 Å². The molecule has 5 heterocycles. The van der Waals surface area contributed by atoms with Gasteiger partial charge in [0.25, 0.3) is 0 Å². The zero-order valence-electron chi connectivity index (χ0n) is 26.1. The third-order valence-corrected chi connectivity index (χ3v) is 12.9. The lowest BCUT2D eigenvalue weighted by Crippen LogP contribution is -2.50.